The first-order valence-corrected chi connectivity index (χ1v) is 9.25. The van der Waals surface area contributed by atoms with E-state index in [0.29, 0.717) is 34.9 Å². The Bertz CT molecular complexity index is 1100. The third-order valence-corrected chi connectivity index (χ3v) is 5.18. The summed E-state index contributed by atoms with van der Waals surface area (Å²) in [5.74, 6) is 0. The summed E-state index contributed by atoms with van der Waals surface area (Å²) < 4.78 is 2.11. The molecule has 0 fully saturated rings. The van der Waals surface area contributed by atoms with Gasteiger partial charge in [0.15, 0.2) is 5.69 Å². The molecule has 0 saturated carbocycles. The molecule has 0 aliphatic carbocycles. The molecule has 0 atom stereocenters. The van der Waals surface area contributed by atoms with E-state index in [4.69, 9.17) is 18.2 Å². The van der Waals surface area contributed by atoms with E-state index in [1.54, 1.807) is 18.3 Å². The Balaban J connectivity index is 2.13. The van der Waals surface area contributed by atoms with Crippen molar-refractivity contribution in [2.75, 3.05) is 0 Å². The fourth-order valence-corrected chi connectivity index (χ4v) is 3.64. The van der Waals surface area contributed by atoms with Crippen LogP contribution in [0.5, 0.6) is 0 Å². The lowest BCUT2D eigenvalue weighted by Gasteiger charge is -2.12. The molecular weight excluding hydrogens is 372 g/mol. The molecular formula is C22H19ClN4O. The Hall–Kier alpha value is -3.12. The van der Waals surface area contributed by atoms with Crippen LogP contribution >= 0.6 is 11.6 Å². The minimum atomic E-state index is -0.174. The van der Waals surface area contributed by atoms with Gasteiger partial charge >= 0.3 is 0 Å². The van der Waals surface area contributed by atoms with Crippen molar-refractivity contribution in [3.8, 4) is 17.2 Å². The lowest BCUT2D eigenvalue weighted by Crippen LogP contribution is -2.07. The molecule has 2 aromatic heterocycles. The molecule has 5 nitrogen and oxygen atoms in total. The number of aliphatic hydroxyl groups is 1. The van der Waals surface area contributed by atoms with Gasteiger partial charge in [0.25, 0.3) is 0 Å². The lowest BCUT2D eigenvalue weighted by atomic mass is 10.0. The standard InChI is InChI=1S/C22H19ClN4O/c1-4-20-19(10-24)21(16-5-7-18(25-3)8-6-16)14(2)27(20)12-15-9-17(13-28)22(23)26-11-15/h5-9,11,28H,4,12-13H2,1-2H3. The van der Waals surface area contributed by atoms with Crippen molar-refractivity contribution in [1.29, 1.82) is 5.26 Å². The molecule has 0 aliphatic heterocycles. The van der Waals surface area contributed by atoms with Crippen molar-refractivity contribution in [1.82, 2.24) is 9.55 Å². The zero-order chi connectivity index (χ0) is 20.3. The van der Waals surface area contributed by atoms with Gasteiger partial charge in [-0.1, -0.05) is 42.8 Å². The van der Waals surface area contributed by atoms with Gasteiger partial charge in [-0.2, -0.15) is 5.26 Å². The van der Waals surface area contributed by atoms with Crippen LogP contribution in [0.3, 0.4) is 0 Å². The first-order valence-electron chi connectivity index (χ1n) is 8.88. The molecule has 0 aliphatic rings. The number of nitrogens with zero attached hydrogens (tertiary/aromatic N) is 4. The molecule has 3 rings (SSSR count). The minimum Gasteiger partial charge on any atom is -0.392 e. The van der Waals surface area contributed by atoms with E-state index < -0.39 is 0 Å². The summed E-state index contributed by atoms with van der Waals surface area (Å²) in [5.41, 5.74) is 6.44. The molecule has 0 radical (unpaired) electrons. The van der Waals surface area contributed by atoms with Gasteiger partial charge < -0.3 is 9.67 Å². The molecule has 28 heavy (non-hydrogen) atoms. The van der Waals surface area contributed by atoms with Crippen molar-refractivity contribution in [2.24, 2.45) is 0 Å². The van der Waals surface area contributed by atoms with Crippen molar-refractivity contribution in [3.63, 3.8) is 0 Å². The summed E-state index contributed by atoms with van der Waals surface area (Å²) in [6.45, 7) is 11.5. The van der Waals surface area contributed by atoms with Gasteiger partial charge in [0.1, 0.15) is 11.2 Å². The molecule has 0 amide bonds. The highest BCUT2D eigenvalue weighted by atomic mass is 35.5. The quantitative estimate of drug-likeness (QED) is 0.490. The van der Waals surface area contributed by atoms with Crippen LogP contribution in [-0.2, 0) is 19.6 Å². The summed E-state index contributed by atoms with van der Waals surface area (Å²) in [7, 11) is 0. The number of halogens is 1. The van der Waals surface area contributed by atoms with E-state index in [9.17, 15) is 10.4 Å². The largest absolute Gasteiger partial charge is 0.392 e. The number of aromatic nitrogens is 2. The SMILES string of the molecule is [C-]#[N+]c1ccc(-c2c(C#N)c(CC)n(Cc3cnc(Cl)c(CO)c3)c2C)cc1. The second-order valence-electron chi connectivity index (χ2n) is 6.44. The Labute approximate surface area is 169 Å². The number of nitriles is 1. The van der Waals surface area contributed by atoms with Crippen LogP contribution in [0.4, 0.5) is 5.69 Å². The average Bonchev–Trinajstić information content (AvgIpc) is 3.00. The third-order valence-electron chi connectivity index (χ3n) is 4.84. The zero-order valence-electron chi connectivity index (χ0n) is 15.7. The van der Waals surface area contributed by atoms with Gasteiger partial charge in [-0.25, -0.2) is 9.83 Å². The maximum Gasteiger partial charge on any atom is 0.187 e. The van der Waals surface area contributed by atoms with Crippen LogP contribution in [-0.4, -0.2) is 14.7 Å². The molecule has 1 N–H and O–H groups in total. The van der Waals surface area contributed by atoms with Crippen LogP contribution in [0.25, 0.3) is 16.0 Å². The van der Waals surface area contributed by atoms with Crippen molar-refractivity contribution < 1.29 is 5.11 Å². The van der Waals surface area contributed by atoms with E-state index in [0.717, 1.165) is 28.1 Å². The van der Waals surface area contributed by atoms with E-state index in [2.05, 4.69) is 20.5 Å². The second-order valence-corrected chi connectivity index (χ2v) is 6.80. The van der Waals surface area contributed by atoms with Crippen LogP contribution in [0.2, 0.25) is 5.15 Å². The molecule has 3 aromatic rings. The van der Waals surface area contributed by atoms with Crippen molar-refractivity contribution in [3.05, 3.63) is 81.2 Å². The maximum absolute atomic E-state index is 9.84. The van der Waals surface area contributed by atoms with Gasteiger partial charge in [-0.3, -0.25) is 0 Å². The van der Waals surface area contributed by atoms with Crippen LogP contribution in [0.1, 0.15) is 35.0 Å². The Morgan fingerprint density at radius 3 is 2.61 bits per heavy atom. The summed E-state index contributed by atoms with van der Waals surface area (Å²) in [5, 5.41) is 19.6. The summed E-state index contributed by atoms with van der Waals surface area (Å²) >= 11 is 6.00. The Morgan fingerprint density at radius 1 is 1.32 bits per heavy atom. The van der Waals surface area contributed by atoms with Gasteiger partial charge in [0, 0.05) is 35.3 Å². The van der Waals surface area contributed by atoms with Gasteiger partial charge in [0.05, 0.1) is 18.7 Å². The predicted molar refractivity (Wildman–Crippen MR) is 109 cm³/mol. The number of benzene rings is 1. The fourth-order valence-electron chi connectivity index (χ4n) is 3.48. The lowest BCUT2D eigenvalue weighted by molar-refractivity contribution is 0.281. The van der Waals surface area contributed by atoms with E-state index in [1.165, 1.54) is 0 Å². The van der Waals surface area contributed by atoms with Crippen molar-refractivity contribution >= 4 is 17.3 Å². The molecule has 0 unspecified atom stereocenters. The first-order chi connectivity index (χ1) is 13.5. The summed E-state index contributed by atoms with van der Waals surface area (Å²) in [6.07, 6.45) is 2.40. The minimum absolute atomic E-state index is 0.174. The first kappa shape index (κ1) is 19.6. The van der Waals surface area contributed by atoms with E-state index in [1.807, 2.05) is 32.0 Å². The highest BCUT2D eigenvalue weighted by molar-refractivity contribution is 6.30. The number of hydrogen-bond acceptors (Lipinski definition) is 3. The fraction of sp³-hybridized carbons (Fsp3) is 0.227. The topological polar surface area (TPSA) is 66.2 Å². The zero-order valence-corrected chi connectivity index (χ0v) is 16.5. The number of pyridine rings is 1. The Morgan fingerprint density at radius 2 is 2.04 bits per heavy atom. The predicted octanol–water partition coefficient (Wildman–Crippen LogP) is 5.04. The molecule has 6 heteroatoms. The summed E-state index contributed by atoms with van der Waals surface area (Å²) in [4.78, 5) is 7.59. The smallest absolute Gasteiger partial charge is 0.187 e. The van der Waals surface area contributed by atoms with Crippen LogP contribution in [0, 0.1) is 24.8 Å². The number of aliphatic hydroxyl groups excluding tert-OH is 1. The van der Waals surface area contributed by atoms with Gasteiger partial charge in [-0.15, -0.1) is 0 Å². The van der Waals surface area contributed by atoms with E-state index >= 15 is 0 Å². The highest BCUT2D eigenvalue weighted by Gasteiger charge is 2.21. The van der Waals surface area contributed by atoms with Gasteiger partial charge in [-0.05, 0) is 30.5 Å². The second kappa shape index (κ2) is 8.27. The van der Waals surface area contributed by atoms with Gasteiger partial charge in [0.2, 0.25) is 0 Å². The molecule has 0 saturated heterocycles. The van der Waals surface area contributed by atoms with E-state index in [-0.39, 0.29) is 6.61 Å². The average molecular weight is 391 g/mol. The molecule has 140 valence electrons. The van der Waals surface area contributed by atoms with Crippen LogP contribution in [0.15, 0.2) is 36.5 Å². The third kappa shape index (κ3) is 3.51. The molecule has 2 heterocycles. The molecule has 0 bridgehead atoms. The molecule has 0 spiro atoms. The van der Waals surface area contributed by atoms with Crippen LogP contribution < -0.4 is 0 Å². The number of hydrogen-bond donors (Lipinski definition) is 1. The Kier molecular flexibility index (Phi) is 5.80. The maximum atomic E-state index is 9.84. The number of rotatable bonds is 5. The highest BCUT2D eigenvalue weighted by Crippen LogP contribution is 2.34. The molecule has 1 aromatic carbocycles. The summed E-state index contributed by atoms with van der Waals surface area (Å²) in [6, 6.07) is 11.5. The van der Waals surface area contributed by atoms with Crippen molar-refractivity contribution in [2.45, 2.75) is 33.4 Å². The monoisotopic (exact) mass is 390 g/mol. The normalized spacial score (nSPS) is 10.5.